The van der Waals surface area contributed by atoms with Gasteiger partial charge in [0.05, 0.1) is 5.69 Å². The van der Waals surface area contributed by atoms with Gasteiger partial charge in [-0.3, -0.25) is 14.3 Å². The second-order valence-corrected chi connectivity index (χ2v) is 6.89. The maximum atomic E-state index is 13.9. The normalized spacial score (nSPS) is 10.9. The first-order valence-electron chi connectivity index (χ1n) is 8.06. The van der Waals surface area contributed by atoms with Crippen molar-refractivity contribution in [3.05, 3.63) is 79.5 Å². The molecule has 140 valence electrons. The van der Waals surface area contributed by atoms with Gasteiger partial charge in [0.2, 0.25) is 0 Å². The number of pyridine rings is 3. The van der Waals surface area contributed by atoms with E-state index in [1.165, 1.54) is 10.6 Å². The SMILES string of the molecule is Cc1cnc(COc2cc(C)n(-c3cc(Cl)ncc3C)c(=O)c2Cl)c(F)c1. The van der Waals surface area contributed by atoms with Gasteiger partial charge in [-0.05, 0) is 44.0 Å². The van der Waals surface area contributed by atoms with Crippen LogP contribution in [0.25, 0.3) is 5.69 Å². The first-order valence-corrected chi connectivity index (χ1v) is 8.82. The van der Waals surface area contributed by atoms with Crippen LogP contribution < -0.4 is 10.3 Å². The summed E-state index contributed by atoms with van der Waals surface area (Å²) in [4.78, 5) is 20.8. The van der Waals surface area contributed by atoms with Crippen LogP contribution in [-0.2, 0) is 6.61 Å². The summed E-state index contributed by atoms with van der Waals surface area (Å²) in [5.41, 5.74) is 2.31. The van der Waals surface area contributed by atoms with E-state index in [0.717, 1.165) is 5.56 Å². The number of rotatable bonds is 4. The summed E-state index contributed by atoms with van der Waals surface area (Å²) >= 11 is 12.2. The summed E-state index contributed by atoms with van der Waals surface area (Å²) in [6.45, 7) is 5.15. The zero-order valence-electron chi connectivity index (χ0n) is 14.9. The Morgan fingerprint density at radius 2 is 1.85 bits per heavy atom. The average Bonchev–Trinajstić information content (AvgIpc) is 2.61. The first-order chi connectivity index (χ1) is 12.8. The Labute approximate surface area is 165 Å². The van der Waals surface area contributed by atoms with Gasteiger partial charge in [0.15, 0.2) is 0 Å². The molecule has 0 amide bonds. The van der Waals surface area contributed by atoms with Crippen LogP contribution in [0.1, 0.15) is 22.5 Å². The van der Waals surface area contributed by atoms with Gasteiger partial charge in [-0.15, -0.1) is 0 Å². The van der Waals surface area contributed by atoms with Gasteiger partial charge in [0.25, 0.3) is 5.56 Å². The van der Waals surface area contributed by atoms with Crippen molar-refractivity contribution < 1.29 is 9.13 Å². The van der Waals surface area contributed by atoms with E-state index >= 15 is 0 Å². The molecule has 0 saturated heterocycles. The minimum absolute atomic E-state index is 0.111. The average molecular weight is 408 g/mol. The molecule has 0 spiro atoms. The molecular weight excluding hydrogens is 392 g/mol. The van der Waals surface area contributed by atoms with Crippen LogP contribution in [0, 0.1) is 26.6 Å². The van der Waals surface area contributed by atoms with Crippen LogP contribution >= 0.6 is 23.2 Å². The van der Waals surface area contributed by atoms with Crippen molar-refractivity contribution in [3.63, 3.8) is 0 Å². The molecule has 0 aliphatic rings. The molecule has 0 aromatic carbocycles. The first kappa shape index (κ1) is 19.3. The molecule has 0 aliphatic heterocycles. The lowest BCUT2D eigenvalue weighted by Crippen LogP contribution is -2.22. The number of halogens is 3. The highest BCUT2D eigenvalue weighted by molar-refractivity contribution is 6.32. The molecule has 3 rings (SSSR count). The number of nitrogens with zero attached hydrogens (tertiary/aromatic N) is 3. The highest BCUT2D eigenvalue weighted by Crippen LogP contribution is 2.26. The van der Waals surface area contributed by atoms with Crippen molar-refractivity contribution in [2.24, 2.45) is 0 Å². The fourth-order valence-corrected chi connectivity index (χ4v) is 2.98. The van der Waals surface area contributed by atoms with Crippen LogP contribution in [0.5, 0.6) is 5.75 Å². The van der Waals surface area contributed by atoms with Crippen LogP contribution in [0.2, 0.25) is 10.2 Å². The zero-order valence-corrected chi connectivity index (χ0v) is 16.4. The molecule has 0 saturated carbocycles. The van der Waals surface area contributed by atoms with E-state index in [2.05, 4.69) is 9.97 Å². The van der Waals surface area contributed by atoms with Gasteiger partial charge >= 0.3 is 0 Å². The highest BCUT2D eigenvalue weighted by Gasteiger charge is 2.16. The lowest BCUT2D eigenvalue weighted by Gasteiger charge is -2.16. The predicted molar refractivity (Wildman–Crippen MR) is 103 cm³/mol. The van der Waals surface area contributed by atoms with E-state index in [-0.39, 0.29) is 28.2 Å². The standard InChI is InChI=1S/C19H16Cl2FN3O2/c1-10-4-13(22)14(23-7-10)9-27-16-5-12(3)25(19(26)18(16)21)15-6-17(20)24-8-11(15)2/h4-8H,9H2,1-3H3. The number of aromatic nitrogens is 3. The van der Waals surface area contributed by atoms with Crippen LogP contribution in [0.15, 0.2) is 35.4 Å². The molecule has 3 aromatic heterocycles. The Bertz CT molecular complexity index is 1080. The molecule has 8 heteroatoms. The largest absolute Gasteiger partial charge is 0.485 e. The maximum absolute atomic E-state index is 13.9. The maximum Gasteiger partial charge on any atom is 0.277 e. The van der Waals surface area contributed by atoms with Crippen LogP contribution in [-0.4, -0.2) is 14.5 Å². The van der Waals surface area contributed by atoms with Crippen LogP contribution in [0.4, 0.5) is 4.39 Å². The molecule has 5 nitrogen and oxygen atoms in total. The summed E-state index contributed by atoms with van der Waals surface area (Å²) in [6, 6.07) is 4.57. The summed E-state index contributed by atoms with van der Waals surface area (Å²) in [5, 5.41) is 0.153. The fraction of sp³-hybridized carbons (Fsp3) is 0.211. The smallest absolute Gasteiger partial charge is 0.277 e. The van der Waals surface area contributed by atoms with Gasteiger partial charge in [-0.25, -0.2) is 9.37 Å². The summed E-state index contributed by atoms with van der Waals surface area (Å²) in [6.07, 6.45) is 3.12. The third-order valence-corrected chi connectivity index (χ3v) is 4.56. The molecule has 0 atom stereocenters. The summed E-state index contributed by atoms with van der Waals surface area (Å²) in [5.74, 6) is -0.312. The summed E-state index contributed by atoms with van der Waals surface area (Å²) < 4.78 is 20.9. The zero-order chi connectivity index (χ0) is 19.7. The Kier molecular flexibility index (Phi) is 5.48. The van der Waals surface area contributed by atoms with Crippen LogP contribution in [0.3, 0.4) is 0 Å². The number of ether oxygens (including phenoxy) is 1. The van der Waals surface area contributed by atoms with Crippen molar-refractivity contribution in [2.75, 3.05) is 0 Å². The Morgan fingerprint density at radius 1 is 1.11 bits per heavy atom. The quantitative estimate of drug-likeness (QED) is 0.594. The highest BCUT2D eigenvalue weighted by atomic mass is 35.5. The van der Waals surface area contributed by atoms with E-state index in [0.29, 0.717) is 16.9 Å². The number of hydrogen-bond donors (Lipinski definition) is 0. The van der Waals surface area contributed by atoms with E-state index in [9.17, 15) is 9.18 Å². The molecule has 3 heterocycles. The van der Waals surface area contributed by atoms with E-state index in [1.807, 2.05) is 6.92 Å². The van der Waals surface area contributed by atoms with Crippen molar-refractivity contribution >= 4 is 23.2 Å². The third kappa shape index (κ3) is 3.96. The molecule has 27 heavy (non-hydrogen) atoms. The number of aryl methyl sites for hydroxylation is 3. The predicted octanol–water partition coefficient (Wildman–Crippen LogP) is 4.58. The lowest BCUT2D eigenvalue weighted by atomic mass is 10.2. The molecule has 0 aliphatic carbocycles. The molecule has 0 N–H and O–H groups in total. The van der Waals surface area contributed by atoms with Gasteiger partial charge in [-0.1, -0.05) is 23.2 Å². The third-order valence-electron chi connectivity index (χ3n) is 4.00. The topological polar surface area (TPSA) is 57.0 Å². The molecule has 0 unspecified atom stereocenters. The molecular formula is C19H16Cl2FN3O2. The molecule has 3 aromatic rings. The van der Waals surface area contributed by atoms with E-state index < -0.39 is 11.4 Å². The Balaban J connectivity index is 1.98. The van der Waals surface area contributed by atoms with Crippen molar-refractivity contribution in [3.8, 4) is 11.4 Å². The van der Waals surface area contributed by atoms with Crippen molar-refractivity contribution in [2.45, 2.75) is 27.4 Å². The molecule has 0 bridgehead atoms. The van der Waals surface area contributed by atoms with Gasteiger partial charge in [0, 0.05) is 24.2 Å². The van der Waals surface area contributed by atoms with Crippen molar-refractivity contribution in [1.82, 2.24) is 14.5 Å². The Morgan fingerprint density at radius 3 is 2.56 bits per heavy atom. The monoisotopic (exact) mass is 407 g/mol. The van der Waals surface area contributed by atoms with Crippen molar-refractivity contribution in [1.29, 1.82) is 0 Å². The Hall–Kier alpha value is -2.44. The molecule has 0 radical (unpaired) electrons. The number of hydrogen-bond acceptors (Lipinski definition) is 4. The second-order valence-electron chi connectivity index (χ2n) is 6.13. The fourth-order valence-electron chi connectivity index (χ4n) is 2.63. The van der Waals surface area contributed by atoms with Gasteiger partial charge < -0.3 is 4.74 Å². The second kappa shape index (κ2) is 7.66. The van der Waals surface area contributed by atoms with Gasteiger partial charge in [0.1, 0.15) is 34.0 Å². The summed E-state index contributed by atoms with van der Waals surface area (Å²) in [7, 11) is 0. The minimum atomic E-state index is -0.474. The van der Waals surface area contributed by atoms with Gasteiger partial charge in [-0.2, -0.15) is 0 Å². The minimum Gasteiger partial charge on any atom is -0.485 e. The van der Waals surface area contributed by atoms with E-state index in [1.54, 1.807) is 38.4 Å². The molecule has 0 fully saturated rings. The lowest BCUT2D eigenvalue weighted by molar-refractivity contribution is 0.293. The van der Waals surface area contributed by atoms with E-state index in [4.69, 9.17) is 27.9 Å².